The van der Waals surface area contributed by atoms with E-state index in [1.165, 1.54) is 43.0 Å². The Morgan fingerprint density at radius 2 is 1.07 bits per heavy atom. The Hall–Kier alpha value is -5.00. The third-order valence-corrected chi connectivity index (χ3v) is 9.27. The van der Waals surface area contributed by atoms with Gasteiger partial charge in [-0.3, -0.25) is 4.57 Å². The van der Waals surface area contributed by atoms with Gasteiger partial charge in [0.1, 0.15) is 0 Å². The normalized spacial score (nSPS) is 12.0. The fourth-order valence-corrected chi connectivity index (χ4v) is 7.10. The van der Waals surface area contributed by atoms with Crippen molar-refractivity contribution in [2.45, 2.75) is 23.6 Å². The Balaban J connectivity index is 1.45. The monoisotopic (exact) mass is 558 g/mol. The van der Waals surface area contributed by atoms with E-state index in [9.17, 15) is 0 Å². The Morgan fingerprint density at radius 1 is 0.524 bits per heavy atom. The number of benzene rings is 5. The van der Waals surface area contributed by atoms with Crippen LogP contribution in [0.5, 0.6) is 0 Å². The van der Waals surface area contributed by atoms with Gasteiger partial charge in [0.15, 0.2) is 11.6 Å². The highest BCUT2D eigenvalue weighted by atomic mass is 32.2. The second-order valence-electron chi connectivity index (χ2n) is 10.5. The minimum absolute atomic E-state index is 0.620. The highest BCUT2D eigenvalue weighted by Crippen LogP contribution is 2.51. The van der Waals surface area contributed by atoms with Crippen LogP contribution >= 0.6 is 11.8 Å². The predicted molar refractivity (Wildman–Crippen MR) is 172 cm³/mol. The van der Waals surface area contributed by atoms with Crippen molar-refractivity contribution in [2.75, 3.05) is 0 Å². The highest BCUT2D eigenvalue weighted by Gasteiger charge is 2.26. The van der Waals surface area contributed by atoms with Crippen LogP contribution in [0.25, 0.3) is 61.9 Å². The molecule has 0 radical (unpaired) electrons. The lowest BCUT2D eigenvalue weighted by atomic mass is 9.90. The van der Waals surface area contributed by atoms with Crippen molar-refractivity contribution in [3.63, 3.8) is 0 Å². The van der Waals surface area contributed by atoms with E-state index < -0.39 is 0 Å². The van der Waals surface area contributed by atoms with Crippen molar-refractivity contribution >= 4 is 22.7 Å². The summed E-state index contributed by atoms with van der Waals surface area (Å²) in [5.74, 6) is 1.93. The van der Waals surface area contributed by atoms with Gasteiger partial charge >= 0.3 is 0 Å². The molecule has 0 fully saturated rings. The highest BCUT2D eigenvalue weighted by molar-refractivity contribution is 7.99. The molecule has 0 amide bonds. The van der Waals surface area contributed by atoms with Crippen LogP contribution in [0, 0.1) is 13.8 Å². The van der Waals surface area contributed by atoms with Crippen LogP contribution in [0.2, 0.25) is 0 Å². The smallest absolute Gasteiger partial charge is 0.238 e. The van der Waals surface area contributed by atoms with E-state index in [0.717, 1.165) is 22.3 Å². The van der Waals surface area contributed by atoms with E-state index in [1.807, 2.05) is 72.4 Å². The fraction of sp³-hybridized carbons (Fsp3) is 0.0541. The zero-order valence-electron chi connectivity index (χ0n) is 23.2. The maximum atomic E-state index is 5.07. The molecule has 0 bridgehead atoms. The van der Waals surface area contributed by atoms with Gasteiger partial charge in [-0.25, -0.2) is 4.98 Å². The molecule has 42 heavy (non-hydrogen) atoms. The Bertz CT molecular complexity index is 2070. The van der Waals surface area contributed by atoms with Gasteiger partial charge in [0.2, 0.25) is 5.95 Å². The van der Waals surface area contributed by atoms with Crippen molar-refractivity contribution in [3.8, 4) is 51.0 Å². The van der Waals surface area contributed by atoms with Crippen LogP contribution in [0.15, 0.2) is 131 Å². The first-order chi connectivity index (χ1) is 20.7. The first-order valence-electron chi connectivity index (χ1n) is 14.1. The maximum absolute atomic E-state index is 5.07. The number of aromatic nitrogens is 4. The zero-order valence-corrected chi connectivity index (χ0v) is 24.1. The molecule has 0 spiro atoms. The zero-order chi connectivity index (χ0) is 28.2. The van der Waals surface area contributed by atoms with Crippen molar-refractivity contribution in [1.82, 2.24) is 19.5 Å². The number of hydrogen-bond donors (Lipinski definition) is 0. The van der Waals surface area contributed by atoms with Gasteiger partial charge in [0.25, 0.3) is 0 Å². The molecule has 7 aromatic rings. The summed E-state index contributed by atoms with van der Waals surface area (Å²) in [5.41, 5.74) is 10.4. The van der Waals surface area contributed by atoms with Crippen LogP contribution in [0.3, 0.4) is 0 Å². The van der Waals surface area contributed by atoms with Gasteiger partial charge < -0.3 is 0 Å². The first kappa shape index (κ1) is 24.8. The number of aryl methyl sites for hydroxylation is 1. The molecule has 0 unspecified atom stereocenters. The average Bonchev–Trinajstić information content (AvgIpc) is 3.21. The molecule has 0 N–H and O–H groups in total. The van der Waals surface area contributed by atoms with Gasteiger partial charge in [-0.05, 0) is 54.3 Å². The second-order valence-corrected chi connectivity index (χ2v) is 11.6. The Kier molecular flexibility index (Phi) is 5.79. The molecule has 1 aliphatic heterocycles. The summed E-state index contributed by atoms with van der Waals surface area (Å²) in [5, 5.41) is 1.23. The molecule has 0 aliphatic carbocycles. The minimum atomic E-state index is 0.620. The molecule has 5 heteroatoms. The van der Waals surface area contributed by atoms with E-state index in [4.69, 9.17) is 15.0 Å². The Morgan fingerprint density at radius 3 is 1.71 bits per heavy atom. The molecular weight excluding hydrogens is 533 g/mol. The number of fused-ring (bicyclic) bond motifs is 7. The summed E-state index contributed by atoms with van der Waals surface area (Å²) >= 11 is 1.84. The molecule has 1 aliphatic rings. The summed E-state index contributed by atoms with van der Waals surface area (Å²) in [6.07, 6.45) is 0. The fourth-order valence-electron chi connectivity index (χ4n) is 6.01. The van der Waals surface area contributed by atoms with Gasteiger partial charge in [-0.2, -0.15) is 9.97 Å². The molecule has 200 valence electrons. The molecule has 0 atom stereocenters. The topological polar surface area (TPSA) is 43.6 Å². The van der Waals surface area contributed by atoms with E-state index >= 15 is 0 Å². The lowest BCUT2D eigenvalue weighted by Gasteiger charge is -2.14. The number of nitrogens with zero attached hydrogens (tertiary/aromatic N) is 4. The van der Waals surface area contributed by atoms with Crippen molar-refractivity contribution in [2.24, 2.45) is 0 Å². The van der Waals surface area contributed by atoms with E-state index in [0.29, 0.717) is 17.6 Å². The Labute approximate surface area is 248 Å². The van der Waals surface area contributed by atoms with E-state index in [-0.39, 0.29) is 0 Å². The van der Waals surface area contributed by atoms with Crippen LogP contribution < -0.4 is 0 Å². The summed E-state index contributed by atoms with van der Waals surface area (Å²) in [6, 6.07) is 42.3. The number of hydrogen-bond acceptors (Lipinski definition) is 4. The molecule has 8 rings (SSSR count). The molecule has 5 aromatic carbocycles. The van der Waals surface area contributed by atoms with Crippen LogP contribution in [0.4, 0.5) is 0 Å². The quantitative estimate of drug-likeness (QED) is 0.217. The molecule has 0 saturated heterocycles. The standard InChI is InChI=1S/C37H26N4S/c1-23-24(2)41(37-39-35(25-13-5-3-6-14-25)38-36(40-37)26-15-7-4-8-16-26)30-22-21-28-27-17-9-11-19-31(27)42-32-20-12-10-18-29(32)34(28)33(23)30/h3-22H,1-2H3. The average molecular weight is 559 g/mol. The summed E-state index contributed by atoms with van der Waals surface area (Å²) in [6.45, 7) is 4.39. The molecule has 2 aromatic heterocycles. The largest absolute Gasteiger partial charge is 0.282 e. The molecular formula is C37H26N4S. The SMILES string of the molecule is Cc1c(C)n(-c2nc(-c3ccccc3)nc(-c3ccccc3)n2)c2ccc3c(c12)-c1ccccc1Sc1ccccc1-3. The van der Waals surface area contributed by atoms with E-state index in [1.54, 1.807) is 0 Å². The van der Waals surface area contributed by atoms with Gasteiger partial charge in [-0.15, -0.1) is 0 Å². The van der Waals surface area contributed by atoms with Crippen LogP contribution in [-0.2, 0) is 0 Å². The minimum Gasteiger partial charge on any atom is -0.282 e. The van der Waals surface area contributed by atoms with Gasteiger partial charge in [-0.1, -0.05) is 115 Å². The molecule has 4 nitrogen and oxygen atoms in total. The van der Waals surface area contributed by atoms with Crippen molar-refractivity contribution < 1.29 is 0 Å². The summed E-state index contributed by atoms with van der Waals surface area (Å²) < 4.78 is 2.21. The van der Waals surface area contributed by atoms with Crippen LogP contribution in [0.1, 0.15) is 11.3 Å². The third-order valence-electron chi connectivity index (χ3n) is 8.12. The maximum Gasteiger partial charge on any atom is 0.238 e. The number of rotatable bonds is 3. The van der Waals surface area contributed by atoms with Crippen molar-refractivity contribution in [1.29, 1.82) is 0 Å². The second kappa shape index (κ2) is 9.82. The first-order valence-corrected chi connectivity index (χ1v) is 14.9. The molecule has 0 saturated carbocycles. The van der Waals surface area contributed by atoms with Crippen molar-refractivity contribution in [3.05, 3.63) is 133 Å². The lowest BCUT2D eigenvalue weighted by molar-refractivity contribution is 0.903. The molecule has 3 heterocycles. The van der Waals surface area contributed by atoms with Crippen LogP contribution in [-0.4, -0.2) is 19.5 Å². The van der Waals surface area contributed by atoms with Gasteiger partial charge in [0.05, 0.1) is 5.52 Å². The van der Waals surface area contributed by atoms with E-state index in [2.05, 4.69) is 79.1 Å². The lowest BCUT2D eigenvalue weighted by Crippen LogP contribution is -2.07. The predicted octanol–water partition coefficient (Wildman–Crippen LogP) is 9.56. The van der Waals surface area contributed by atoms with Gasteiger partial charge in [0, 0.05) is 37.6 Å². The summed E-state index contributed by atoms with van der Waals surface area (Å²) in [7, 11) is 0. The third kappa shape index (κ3) is 3.89. The summed E-state index contributed by atoms with van der Waals surface area (Å²) in [4.78, 5) is 17.6.